The third-order valence-electron chi connectivity index (χ3n) is 3.47. The van der Waals surface area contributed by atoms with Crippen LogP contribution in [0.5, 0.6) is 0 Å². The predicted octanol–water partition coefficient (Wildman–Crippen LogP) is 1.62. The van der Waals surface area contributed by atoms with E-state index >= 15 is 0 Å². The monoisotopic (exact) mass is 305 g/mol. The van der Waals surface area contributed by atoms with Crippen molar-refractivity contribution in [3.63, 3.8) is 0 Å². The quantitative estimate of drug-likeness (QED) is 0.612. The zero-order chi connectivity index (χ0) is 16.3. The first-order chi connectivity index (χ1) is 10.4. The molecule has 22 heavy (non-hydrogen) atoms. The summed E-state index contributed by atoms with van der Waals surface area (Å²) in [4.78, 5) is 37.1. The Hall–Kier alpha value is -2.50. The fourth-order valence-electron chi connectivity index (χ4n) is 2.31. The van der Waals surface area contributed by atoms with Crippen LogP contribution in [0.4, 0.5) is 4.39 Å². The van der Waals surface area contributed by atoms with Crippen molar-refractivity contribution in [2.45, 2.75) is 19.9 Å². The highest BCUT2D eigenvalue weighted by molar-refractivity contribution is 6.49. The molecule has 1 heterocycles. The minimum atomic E-state index is -0.842. The Bertz CT molecular complexity index is 649. The van der Waals surface area contributed by atoms with Gasteiger partial charge in [0.1, 0.15) is 17.1 Å². The second kappa shape index (κ2) is 6.51. The Balaban J connectivity index is 2.25. The lowest BCUT2D eigenvalue weighted by molar-refractivity contribution is -0.137. The van der Waals surface area contributed by atoms with Gasteiger partial charge >= 0.3 is 0 Å². The lowest BCUT2D eigenvalue weighted by atomic mass is 9.99. The standard InChI is InChI=1S/C16H16FNO4/c1-10(19)15(20)14-13(22-2)7-8-18(16(14)21)9-11-3-5-12(17)6-4-11/h3-6H,7-9H2,1-2H3. The van der Waals surface area contributed by atoms with Crippen LogP contribution >= 0.6 is 0 Å². The third-order valence-corrected chi connectivity index (χ3v) is 3.47. The third kappa shape index (κ3) is 3.21. The van der Waals surface area contributed by atoms with Crippen molar-refractivity contribution >= 4 is 17.5 Å². The van der Waals surface area contributed by atoms with Gasteiger partial charge in [-0.1, -0.05) is 12.1 Å². The molecule has 2 rings (SSSR count). The first kappa shape index (κ1) is 15.9. The smallest absolute Gasteiger partial charge is 0.261 e. The number of rotatable bonds is 5. The number of carbonyl (C=O) groups excluding carboxylic acids is 3. The number of Topliss-reactive ketones (excluding diaryl/α,β-unsaturated/α-hetero) is 2. The number of ketones is 2. The number of benzene rings is 1. The maximum absolute atomic E-state index is 12.9. The van der Waals surface area contributed by atoms with Crippen molar-refractivity contribution < 1.29 is 23.5 Å². The minimum Gasteiger partial charge on any atom is -0.500 e. The van der Waals surface area contributed by atoms with Crippen LogP contribution in [0.3, 0.4) is 0 Å². The topological polar surface area (TPSA) is 63.7 Å². The molecule has 0 bridgehead atoms. The molecule has 116 valence electrons. The lowest BCUT2D eigenvalue weighted by Crippen LogP contribution is -2.40. The van der Waals surface area contributed by atoms with Gasteiger partial charge in [0.15, 0.2) is 0 Å². The van der Waals surface area contributed by atoms with Crippen LogP contribution < -0.4 is 0 Å². The molecule has 1 aliphatic heterocycles. The molecule has 6 heteroatoms. The highest BCUT2D eigenvalue weighted by Gasteiger charge is 2.34. The second-order valence-corrected chi connectivity index (χ2v) is 4.99. The van der Waals surface area contributed by atoms with E-state index in [1.54, 1.807) is 12.1 Å². The van der Waals surface area contributed by atoms with Gasteiger partial charge in [0.2, 0.25) is 11.6 Å². The summed E-state index contributed by atoms with van der Waals surface area (Å²) in [5, 5.41) is 0. The minimum absolute atomic E-state index is 0.205. The van der Waals surface area contributed by atoms with Gasteiger partial charge < -0.3 is 9.64 Å². The van der Waals surface area contributed by atoms with E-state index in [-0.39, 0.29) is 23.7 Å². The number of halogens is 1. The Kier molecular flexibility index (Phi) is 4.70. The molecule has 1 amide bonds. The SMILES string of the molecule is COC1=C(C(=O)C(C)=O)C(=O)N(Cc2ccc(F)cc2)CC1. The number of carbonyl (C=O) groups is 3. The molecular weight excluding hydrogens is 289 g/mol. The molecule has 0 unspecified atom stereocenters. The van der Waals surface area contributed by atoms with E-state index in [1.165, 1.54) is 24.1 Å². The van der Waals surface area contributed by atoms with E-state index in [4.69, 9.17) is 4.74 Å². The second-order valence-electron chi connectivity index (χ2n) is 4.99. The molecule has 0 N–H and O–H groups in total. The summed E-state index contributed by atoms with van der Waals surface area (Å²) in [5.74, 6) is -2.21. The van der Waals surface area contributed by atoms with Gasteiger partial charge in [-0.15, -0.1) is 0 Å². The number of nitrogens with zero attached hydrogens (tertiary/aromatic N) is 1. The van der Waals surface area contributed by atoms with Crippen molar-refractivity contribution in [1.29, 1.82) is 0 Å². The summed E-state index contributed by atoms with van der Waals surface area (Å²) < 4.78 is 18.0. The zero-order valence-corrected chi connectivity index (χ0v) is 12.4. The number of hydrogen-bond acceptors (Lipinski definition) is 4. The van der Waals surface area contributed by atoms with Crippen LogP contribution in [-0.2, 0) is 25.7 Å². The van der Waals surface area contributed by atoms with Crippen molar-refractivity contribution in [2.24, 2.45) is 0 Å². The number of ether oxygens (including phenoxy) is 1. The first-order valence-corrected chi connectivity index (χ1v) is 6.80. The molecule has 0 saturated heterocycles. The Morgan fingerprint density at radius 2 is 1.91 bits per heavy atom. The zero-order valence-electron chi connectivity index (χ0n) is 12.4. The molecule has 0 fully saturated rings. The van der Waals surface area contributed by atoms with Crippen LogP contribution in [0.15, 0.2) is 35.6 Å². The van der Waals surface area contributed by atoms with Crippen LogP contribution in [0.25, 0.3) is 0 Å². The van der Waals surface area contributed by atoms with Gasteiger partial charge in [-0.3, -0.25) is 14.4 Å². The molecule has 0 aliphatic carbocycles. The molecule has 0 spiro atoms. The normalized spacial score (nSPS) is 15.0. The van der Waals surface area contributed by atoms with Crippen LogP contribution in [0.1, 0.15) is 18.9 Å². The number of hydrogen-bond donors (Lipinski definition) is 0. The van der Waals surface area contributed by atoms with Gasteiger partial charge in [-0.2, -0.15) is 0 Å². The lowest BCUT2D eigenvalue weighted by Gasteiger charge is -2.29. The fraction of sp³-hybridized carbons (Fsp3) is 0.312. The Labute approximate surface area is 127 Å². The molecule has 1 aliphatic rings. The molecule has 0 aromatic heterocycles. The van der Waals surface area contributed by atoms with Gasteiger partial charge in [-0.05, 0) is 17.7 Å². The highest BCUT2D eigenvalue weighted by Crippen LogP contribution is 2.22. The van der Waals surface area contributed by atoms with E-state index in [2.05, 4.69) is 0 Å². The summed E-state index contributed by atoms with van der Waals surface area (Å²) in [6, 6.07) is 5.76. The van der Waals surface area contributed by atoms with Gasteiger partial charge in [0.25, 0.3) is 5.91 Å². The maximum Gasteiger partial charge on any atom is 0.261 e. The number of methoxy groups -OCH3 is 1. The van der Waals surface area contributed by atoms with Gasteiger partial charge in [0, 0.05) is 26.4 Å². The summed E-state index contributed by atoms with van der Waals surface area (Å²) in [7, 11) is 1.37. The van der Waals surface area contributed by atoms with E-state index in [1.807, 2.05) is 0 Å². The molecule has 1 aromatic rings. The molecular formula is C16H16FNO4. The molecule has 5 nitrogen and oxygen atoms in total. The van der Waals surface area contributed by atoms with Crippen LogP contribution in [0, 0.1) is 5.82 Å². The van der Waals surface area contributed by atoms with Crippen LogP contribution in [0.2, 0.25) is 0 Å². The largest absolute Gasteiger partial charge is 0.500 e. The predicted molar refractivity (Wildman–Crippen MR) is 76.2 cm³/mol. The summed E-state index contributed by atoms with van der Waals surface area (Å²) in [6.45, 7) is 1.73. The Morgan fingerprint density at radius 3 is 2.45 bits per heavy atom. The average Bonchev–Trinajstić information content (AvgIpc) is 2.50. The van der Waals surface area contributed by atoms with Gasteiger partial charge in [-0.25, -0.2) is 4.39 Å². The summed E-state index contributed by atoms with van der Waals surface area (Å²) in [6.07, 6.45) is 0.359. The molecule has 0 radical (unpaired) electrons. The molecule has 1 aromatic carbocycles. The van der Waals surface area contributed by atoms with E-state index in [0.717, 1.165) is 12.5 Å². The number of amides is 1. The fourth-order valence-corrected chi connectivity index (χ4v) is 2.31. The summed E-state index contributed by atoms with van der Waals surface area (Å²) >= 11 is 0. The Morgan fingerprint density at radius 1 is 1.27 bits per heavy atom. The molecule has 0 atom stereocenters. The molecule has 0 saturated carbocycles. The summed E-state index contributed by atoms with van der Waals surface area (Å²) in [5.41, 5.74) is 0.536. The van der Waals surface area contributed by atoms with Crippen LogP contribution in [-0.4, -0.2) is 36.0 Å². The van der Waals surface area contributed by atoms with Crippen molar-refractivity contribution in [1.82, 2.24) is 4.90 Å². The average molecular weight is 305 g/mol. The highest BCUT2D eigenvalue weighted by atomic mass is 19.1. The van der Waals surface area contributed by atoms with E-state index in [0.29, 0.717) is 13.0 Å². The van der Waals surface area contributed by atoms with Crippen molar-refractivity contribution in [3.05, 3.63) is 47.0 Å². The maximum atomic E-state index is 12.9. The first-order valence-electron chi connectivity index (χ1n) is 6.80. The van der Waals surface area contributed by atoms with E-state index < -0.39 is 17.5 Å². The van der Waals surface area contributed by atoms with Crippen molar-refractivity contribution in [2.75, 3.05) is 13.7 Å². The van der Waals surface area contributed by atoms with Crippen molar-refractivity contribution in [3.8, 4) is 0 Å². The van der Waals surface area contributed by atoms with Gasteiger partial charge in [0.05, 0.1) is 7.11 Å². The van der Waals surface area contributed by atoms with E-state index in [9.17, 15) is 18.8 Å².